The minimum absolute atomic E-state index is 0.959. The summed E-state index contributed by atoms with van der Waals surface area (Å²) in [6, 6.07) is 0.959. The first-order chi connectivity index (χ1) is 6.51. The van der Waals surface area contributed by atoms with Crippen molar-refractivity contribution in [2.45, 2.75) is 39.0 Å². The zero-order valence-corrected chi connectivity index (χ0v) is 11.2. The summed E-state index contributed by atoms with van der Waals surface area (Å²) in [5.74, 6) is 0. The normalized spacial score (nSPS) is 12.0. The number of hydrogen-bond donors (Lipinski definition) is 0. The number of imidazole rings is 1. The minimum atomic E-state index is -1.89. The maximum Gasteiger partial charge on any atom is 0.248 e. The highest BCUT2D eigenvalue weighted by molar-refractivity contribution is 7.44. The van der Waals surface area contributed by atoms with Crippen LogP contribution in [0, 0.1) is 0 Å². The maximum absolute atomic E-state index is 6.02. The van der Waals surface area contributed by atoms with Gasteiger partial charge in [-0.2, -0.15) is 0 Å². The lowest BCUT2D eigenvalue weighted by Gasteiger charge is -2.07. The summed E-state index contributed by atoms with van der Waals surface area (Å²) < 4.78 is 4.33. The summed E-state index contributed by atoms with van der Waals surface area (Å²) >= 11 is 12.0. The van der Waals surface area contributed by atoms with E-state index in [1.54, 1.807) is 0 Å². The summed E-state index contributed by atoms with van der Waals surface area (Å²) in [6.45, 7) is 4.24. The monoisotopic (exact) mass is 251 g/mol. The third-order valence-corrected chi connectivity index (χ3v) is 4.51. The first-order valence-electron chi connectivity index (χ1n) is 4.94. The zero-order valence-electron chi connectivity index (χ0n) is 8.71. The number of rotatable bonds is 5. The molecule has 14 heavy (non-hydrogen) atoms. The molecule has 0 fully saturated rings. The van der Waals surface area contributed by atoms with Crippen LogP contribution < -0.4 is 4.57 Å². The second-order valence-electron chi connectivity index (χ2n) is 3.66. The molecule has 1 aromatic rings. The highest BCUT2D eigenvalue weighted by Gasteiger charge is 2.20. The van der Waals surface area contributed by atoms with Crippen molar-refractivity contribution in [3.05, 3.63) is 18.7 Å². The average molecular weight is 252 g/mol. The van der Waals surface area contributed by atoms with Crippen molar-refractivity contribution >= 4 is 28.9 Å². The molecule has 0 unspecified atom stereocenters. The molecule has 80 valence electrons. The fourth-order valence-corrected chi connectivity index (χ4v) is 2.91. The third kappa shape index (κ3) is 4.49. The highest BCUT2D eigenvalue weighted by atomic mass is 35.7. The molecule has 0 aliphatic rings. The second kappa shape index (κ2) is 5.19. The summed E-state index contributed by atoms with van der Waals surface area (Å²) in [7, 11) is 0. The fourth-order valence-electron chi connectivity index (χ4n) is 1.33. The van der Waals surface area contributed by atoms with E-state index in [4.69, 9.17) is 22.2 Å². The lowest BCUT2D eigenvalue weighted by molar-refractivity contribution is -0.696. The van der Waals surface area contributed by atoms with E-state index in [0.29, 0.717) is 0 Å². The standard InChI is InChI=1S/C9H17Cl2N2Si/c1-3-12-6-7-13(9-12)5-4-8-14(2,10)11/h6-7,9H,3-5,8H2,1-2H3/q+1. The molecule has 0 bridgehead atoms. The van der Waals surface area contributed by atoms with Crippen molar-refractivity contribution in [1.82, 2.24) is 4.57 Å². The predicted octanol–water partition coefficient (Wildman–Crippen LogP) is 2.74. The largest absolute Gasteiger partial charge is 0.248 e. The van der Waals surface area contributed by atoms with E-state index in [9.17, 15) is 0 Å². The van der Waals surface area contributed by atoms with Gasteiger partial charge in [0.2, 0.25) is 13.0 Å². The van der Waals surface area contributed by atoms with E-state index in [-0.39, 0.29) is 0 Å². The molecule has 0 radical (unpaired) electrons. The van der Waals surface area contributed by atoms with Crippen LogP contribution in [0.15, 0.2) is 18.7 Å². The van der Waals surface area contributed by atoms with Gasteiger partial charge in [-0.25, -0.2) is 9.13 Å². The fraction of sp³-hybridized carbons (Fsp3) is 0.667. The summed E-state index contributed by atoms with van der Waals surface area (Å²) in [5, 5.41) is 0. The molecule has 1 aromatic heterocycles. The molecule has 0 aliphatic heterocycles. The Bertz CT molecular complexity index is 281. The Balaban J connectivity index is 2.31. The molecule has 1 rings (SSSR count). The second-order valence-corrected chi connectivity index (χ2v) is 11.9. The van der Waals surface area contributed by atoms with Gasteiger partial charge in [0.25, 0.3) is 0 Å². The van der Waals surface area contributed by atoms with Gasteiger partial charge in [-0.15, -0.1) is 22.2 Å². The van der Waals surface area contributed by atoms with Gasteiger partial charge < -0.3 is 0 Å². The molecule has 0 N–H and O–H groups in total. The number of nitrogens with zero attached hydrogens (tertiary/aromatic N) is 2. The van der Waals surface area contributed by atoms with Crippen LogP contribution in [0.1, 0.15) is 13.3 Å². The van der Waals surface area contributed by atoms with Crippen LogP contribution >= 0.6 is 22.2 Å². The number of halogens is 2. The van der Waals surface area contributed by atoms with Crippen molar-refractivity contribution in [2.75, 3.05) is 0 Å². The van der Waals surface area contributed by atoms with E-state index >= 15 is 0 Å². The molecule has 0 saturated heterocycles. The van der Waals surface area contributed by atoms with Crippen molar-refractivity contribution in [2.24, 2.45) is 0 Å². The predicted molar refractivity (Wildman–Crippen MR) is 63.0 cm³/mol. The summed E-state index contributed by atoms with van der Waals surface area (Å²) in [6.07, 6.45) is 7.35. The van der Waals surface area contributed by atoms with Crippen LogP contribution in [0.2, 0.25) is 12.6 Å². The van der Waals surface area contributed by atoms with E-state index < -0.39 is 6.69 Å². The van der Waals surface area contributed by atoms with E-state index in [1.807, 2.05) is 6.55 Å². The molecular weight excluding hydrogens is 235 g/mol. The first kappa shape index (κ1) is 12.1. The van der Waals surface area contributed by atoms with Gasteiger partial charge in [0.15, 0.2) is 0 Å². The van der Waals surface area contributed by atoms with Crippen LogP contribution in [0.25, 0.3) is 0 Å². The van der Waals surface area contributed by atoms with Gasteiger partial charge >= 0.3 is 0 Å². The Morgan fingerprint density at radius 3 is 2.64 bits per heavy atom. The van der Waals surface area contributed by atoms with Crippen LogP contribution in [0.4, 0.5) is 0 Å². The van der Waals surface area contributed by atoms with Gasteiger partial charge in [-0.3, -0.25) is 0 Å². The average Bonchev–Trinajstić information content (AvgIpc) is 2.50. The van der Waals surface area contributed by atoms with Crippen LogP contribution in [0.5, 0.6) is 0 Å². The number of aromatic nitrogens is 2. The van der Waals surface area contributed by atoms with Crippen LogP contribution in [0.3, 0.4) is 0 Å². The van der Waals surface area contributed by atoms with Crippen LogP contribution in [-0.4, -0.2) is 11.3 Å². The Kier molecular flexibility index (Phi) is 4.48. The molecule has 0 aromatic carbocycles. The molecule has 0 amide bonds. The van der Waals surface area contributed by atoms with Crippen molar-refractivity contribution < 1.29 is 4.57 Å². The molecule has 0 aliphatic carbocycles. The van der Waals surface area contributed by atoms with E-state index in [0.717, 1.165) is 25.6 Å². The van der Waals surface area contributed by atoms with Crippen LogP contribution in [-0.2, 0) is 13.1 Å². The van der Waals surface area contributed by atoms with Gasteiger partial charge in [-0.1, -0.05) is 0 Å². The zero-order chi connectivity index (χ0) is 10.6. The van der Waals surface area contributed by atoms with Crippen molar-refractivity contribution in [1.29, 1.82) is 0 Å². The summed E-state index contributed by atoms with van der Waals surface area (Å²) in [5.41, 5.74) is 0. The molecule has 1 heterocycles. The molecular formula is C9H17Cl2N2Si+. The van der Waals surface area contributed by atoms with Gasteiger partial charge in [0, 0.05) is 0 Å². The van der Waals surface area contributed by atoms with Gasteiger partial charge in [-0.05, 0) is 25.9 Å². The molecule has 0 spiro atoms. The first-order valence-corrected chi connectivity index (χ1v) is 9.67. The molecule has 2 nitrogen and oxygen atoms in total. The Morgan fingerprint density at radius 1 is 1.43 bits per heavy atom. The number of aryl methyl sites for hydroxylation is 2. The van der Waals surface area contributed by atoms with Crippen molar-refractivity contribution in [3.8, 4) is 0 Å². The minimum Gasteiger partial charge on any atom is -0.237 e. The third-order valence-electron chi connectivity index (χ3n) is 2.14. The van der Waals surface area contributed by atoms with E-state index in [2.05, 4.69) is 34.8 Å². The SMILES string of the molecule is CCn1cc[n+](CCC[Si](C)(Cl)Cl)c1. The highest BCUT2D eigenvalue weighted by Crippen LogP contribution is 2.21. The quantitative estimate of drug-likeness (QED) is 0.433. The number of hydrogen-bond acceptors (Lipinski definition) is 0. The Labute approximate surface area is 95.9 Å². The van der Waals surface area contributed by atoms with Gasteiger partial charge in [0.05, 0.1) is 13.1 Å². The smallest absolute Gasteiger partial charge is 0.237 e. The van der Waals surface area contributed by atoms with E-state index in [1.165, 1.54) is 0 Å². The molecule has 0 saturated carbocycles. The molecule has 0 atom stereocenters. The lowest BCUT2D eigenvalue weighted by atomic mass is 10.5. The lowest BCUT2D eigenvalue weighted by Crippen LogP contribution is -2.31. The Morgan fingerprint density at radius 2 is 2.14 bits per heavy atom. The van der Waals surface area contributed by atoms with Crippen molar-refractivity contribution in [3.63, 3.8) is 0 Å². The maximum atomic E-state index is 6.02. The van der Waals surface area contributed by atoms with Gasteiger partial charge in [0.1, 0.15) is 12.4 Å². The topological polar surface area (TPSA) is 8.81 Å². The Hall–Kier alpha value is 0.00688. The summed E-state index contributed by atoms with van der Waals surface area (Å²) in [4.78, 5) is 0. The molecule has 5 heteroatoms.